The first-order valence-corrected chi connectivity index (χ1v) is 9.10. The third-order valence-corrected chi connectivity index (χ3v) is 4.34. The molecular weight excluding hydrogens is 352 g/mol. The molecule has 0 N–H and O–H groups in total. The maximum Gasteiger partial charge on any atom is 0.175 e. The van der Waals surface area contributed by atoms with Crippen molar-refractivity contribution >= 4 is 27.5 Å². The van der Waals surface area contributed by atoms with Crippen LogP contribution in [-0.4, -0.2) is 13.7 Å². The third kappa shape index (κ3) is 6.92. The molecule has 0 saturated carbocycles. The summed E-state index contributed by atoms with van der Waals surface area (Å²) in [7, 11) is 1.65. The summed E-state index contributed by atoms with van der Waals surface area (Å²) in [5.41, 5.74) is 1.02. The second kappa shape index (κ2) is 11.2. The Morgan fingerprint density at radius 3 is 2.33 bits per heavy atom. The molecule has 0 amide bonds. The van der Waals surface area contributed by atoms with E-state index in [0.29, 0.717) is 5.88 Å². The van der Waals surface area contributed by atoms with Crippen molar-refractivity contribution in [1.82, 2.24) is 0 Å². The minimum Gasteiger partial charge on any atom is -0.493 e. The zero-order chi connectivity index (χ0) is 15.5. The molecule has 1 aromatic carbocycles. The SMILES string of the molecule is CCCCCCCCCOc1c(Br)cc(CCl)cc1OC. The van der Waals surface area contributed by atoms with Gasteiger partial charge in [0.15, 0.2) is 11.5 Å². The van der Waals surface area contributed by atoms with Crippen molar-refractivity contribution in [3.05, 3.63) is 22.2 Å². The molecule has 0 aliphatic heterocycles. The average Bonchev–Trinajstić information content (AvgIpc) is 2.50. The molecule has 0 heterocycles. The van der Waals surface area contributed by atoms with Crippen LogP contribution in [-0.2, 0) is 5.88 Å². The van der Waals surface area contributed by atoms with E-state index >= 15 is 0 Å². The van der Waals surface area contributed by atoms with E-state index in [1.807, 2.05) is 12.1 Å². The van der Waals surface area contributed by atoms with E-state index < -0.39 is 0 Å². The van der Waals surface area contributed by atoms with E-state index in [2.05, 4.69) is 22.9 Å². The Morgan fingerprint density at radius 2 is 1.71 bits per heavy atom. The molecule has 2 nitrogen and oxygen atoms in total. The number of hydrogen-bond acceptors (Lipinski definition) is 2. The highest BCUT2D eigenvalue weighted by Crippen LogP contribution is 2.37. The van der Waals surface area contributed by atoms with Gasteiger partial charge in [0.1, 0.15) is 0 Å². The Labute approximate surface area is 142 Å². The Kier molecular flexibility index (Phi) is 9.94. The van der Waals surface area contributed by atoms with Crippen molar-refractivity contribution in [1.29, 1.82) is 0 Å². The van der Waals surface area contributed by atoms with Gasteiger partial charge < -0.3 is 9.47 Å². The first-order valence-electron chi connectivity index (χ1n) is 7.78. The lowest BCUT2D eigenvalue weighted by Crippen LogP contribution is -2.01. The van der Waals surface area contributed by atoms with Crippen LogP contribution in [0.25, 0.3) is 0 Å². The van der Waals surface area contributed by atoms with E-state index in [-0.39, 0.29) is 0 Å². The Bertz CT molecular complexity index is 410. The van der Waals surface area contributed by atoms with E-state index in [1.54, 1.807) is 7.11 Å². The predicted octanol–water partition coefficient (Wildman–Crippen LogP) is 6.33. The summed E-state index contributed by atoms with van der Waals surface area (Å²) in [6.45, 7) is 2.97. The van der Waals surface area contributed by atoms with E-state index in [9.17, 15) is 0 Å². The summed E-state index contributed by atoms with van der Waals surface area (Å²) in [5, 5.41) is 0. The van der Waals surface area contributed by atoms with Crippen LogP contribution in [0.3, 0.4) is 0 Å². The van der Waals surface area contributed by atoms with Crippen molar-refractivity contribution in [3.8, 4) is 11.5 Å². The highest BCUT2D eigenvalue weighted by Gasteiger charge is 2.11. The monoisotopic (exact) mass is 376 g/mol. The van der Waals surface area contributed by atoms with E-state index in [1.165, 1.54) is 38.5 Å². The largest absolute Gasteiger partial charge is 0.493 e. The zero-order valence-electron chi connectivity index (χ0n) is 13.1. The maximum absolute atomic E-state index is 5.87. The number of unbranched alkanes of at least 4 members (excludes halogenated alkanes) is 6. The molecule has 0 bridgehead atoms. The third-order valence-electron chi connectivity index (χ3n) is 3.44. The lowest BCUT2D eigenvalue weighted by molar-refractivity contribution is 0.282. The fourth-order valence-corrected chi connectivity index (χ4v) is 2.98. The topological polar surface area (TPSA) is 18.5 Å². The van der Waals surface area contributed by atoms with Crippen molar-refractivity contribution in [2.24, 2.45) is 0 Å². The molecule has 0 fully saturated rings. The van der Waals surface area contributed by atoms with Crippen LogP contribution in [0.15, 0.2) is 16.6 Å². The first kappa shape index (κ1) is 18.6. The number of hydrogen-bond donors (Lipinski definition) is 0. The number of alkyl halides is 1. The number of rotatable bonds is 11. The summed E-state index contributed by atoms with van der Waals surface area (Å²) in [6.07, 6.45) is 8.96. The molecule has 0 aliphatic rings. The second-order valence-electron chi connectivity index (χ2n) is 5.21. The van der Waals surface area contributed by atoms with E-state index in [0.717, 1.165) is 34.6 Å². The Morgan fingerprint density at radius 1 is 1.05 bits per heavy atom. The minimum atomic E-state index is 0.465. The molecule has 1 aromatic rings. The van der Waals surface area contributed by atoms with Crippen molar-refractivity contribution in [2.45, 2.75) is 57.7 Å². The molecule has 0 aliphatic carbocycles. The summed E-state index contributed by atoms with van der Waals surface area (Å²) in [5.74, 6) is 1.98. The van der Waals surface area contributed by atoms with Gasteiger partial charge in [-0.3, -0.25) is 0 Å². The summed E-state index contributed by atoms with van der Waals surface area (Å²) >= 11 is 9.39. The lowest BCUT2D eigenvalue weighted by Gasteiger charge is -2.13. The molecule has 0 spiro atoms. The van der Waals surface area contributed by atoms with Crippen LogP contribution in [0.2, 0.25) is 0 Å². The van der Waals surface area contributed by atoms with Crippen LogP contribution < -0.4 is 9.47 Å². The molecule has 0 atom stereocenters. The number of methoxy groups -OCH3 is 1. The van der Waals surface area contributed by atoms with Gasteiger partial charge in [-0.25, -0.2) is 0 Å². The van der Waals surface area contributed by atoms with Crippen LogP contribution >= 0.6 is 27.5 Å². The zero-order valence-corrected chi connectivity index (χ0v) is 15.4. The Balaban J connectivity index is 2.34. The predicted molar refractivity (Wildman–Crippen MR) is 93.7 cm³/mol. The number of ether oxygens (including phenoxy) is 2. The van der Waals surface area contributed by atoms with Gasteiger partial charge in [-0.2, -0.15) is 0 Å². The highest BCUT2D eigenvalue weighted by molar-refractivity contribution is 9.10. The molecule has 0 aromatic heterocycles. The van der Waals surface area contributed by atoms with Gasteiger partial charge in [-0.05, 0) is 40.0 Å². The van der Waals surface area contributed by atoms with Gasteiger partial charge in [0, 0.05) is 5.88 Å². The lowest BCUT2D eigenvalue weighted by atomic mass is 10.1. The average molecular weight is 378 g/mol. The molecule has 0 radical (unpaired) electrons. The fraction of sp³-hybridized carbons (Fsp3) is 0.647. The van der Waals surface area contributed by atoms with Gasteiger partial charge >= 0.3 is 0 Å². The van der Waals surface area contributed by atoms with Gasteiger partial charge in [0.25, 0.3) is 0 Å². The molecule has 4 heteroatoms. The first-order chi connectivity index (χ1) is 10.2. The smallest absolute Gasteiger partial charge is 0.175 e. The molecule has 21 heavy (non-hydrogen) atoms. The van der Waals surface area contributed by atoms with Crippen LogP contribution in [0.4, 0.5) is 0 Å². The standard InChI is InChI=1S/C17H26BrClO2/c1-3-4-5-6-7-8-9-10-21-17-15(18)11-14(13-19)12-16(17)20-2/h11-12H,3-10,13H2,1-2H3. The Hall–Kier alpha value is -0.410. The number of halogens is 2. The molecule has 120 valence electrons. The van der Waals surface area contributed by atoms with Gasteiger partial charge in [-0.15, -0.1) is 11.6 Å². The van der Waals surface area contributed by atoms with Crippen LogP contribution in [0, 0.1) is 0 Å². The number of benzene rings is 1. The van der Waals surface area contributed by atoms with Crippen LogP contribution in [0.5, 0.6) is 11.5 Å². The minimum absolute atomic E-state index is 0.465. The van der Waals surface area contributed by atoms with Crippen molar-refractivity contribution < 1.29 is 9.47 Å². The van der Waals surface area contributed by atoms with Gasteiger partial charge in [-0.1, -0.05) is 45.4 Å². The summed E-state index contributed by atoms with van der Waals surface area (Å²) < 4.78 is 12.2. The molecule has 0 unspecified atom stereocenters. The van der Waals surface area contributed by atoms with Crippen molar-refractivity contribution in [2.75, 3.05) is 13.7 Å². The molecule has 1 rings (SSSR count). The maximum atomic E-state index is 5.87. The summed E-state index contributed by atoms with van der Waals surface area (Å²) in [6, 6.07) is 3.91. The molecular formula is C17H26BrClO2. The molecule has 0 saturated heterocycles. The summed E-state index contributed by atoms with van der Waals surface area (Å²) in [4.78, 5) is 0. The quantitative estimate of drug-likeness (QED) is 0.331. The van der Waals surface area contributed by atoms with Gasteiger partial charge in [0.05, 0.1) is 18.2 Å². The second-order valence-corrected chi connectivity index (χ2v) is 6.33. The highest BCUT2D eigenvalue weighted by atomic mass is 79.9. The normalized spacial score (nSPS) is 10.7. The van der Waals surface area contributed by atoms with Crippen LogP contribution in [0.1, 0.15) is 57.4 Å². The van der Waals surface area contributed by atoms with E-state index in [4.69, 9.17) is 21.1 Å². The fourth-order valence-electron chi connectivity index (χ4n) is 2.22. The van der Waals surface area contributed by atoms with Gasteiger partial charge in [0.2, 0.25) is 0 Å². The van der Waals surface area contributed by atoms with Crippen molar-refractivity contribution in [3.63, 3.8) is 0 Å².